The molecule has 10 nitrogen and oxygen atoms in total. The van der Waals surface area contributed by atoms with Gasteiger partial charge in [-0.1, -0.05) is 0 Å². The highest BCUT2D eigenvalue weighted by atomic mass is 16.6. The number of nitrogens with zero attached hydrogens (tertiary/aromatic N) is 7. The molecule has 4 rings (SSSR count). The highest BCUT2D eigenvalue weighted by molar-refractivity contribution is 5.79. The van der Waals surface area contributed by atoms with E-state index in [0.29, 0.717) is 37.7 Å². The Labute approximate surface area is 154 Å². The number of anilines is 1. The Kier molecular flexibility index (Phi) is 4.62. The number of nitro groups is 1. The number of benzene rings is 1. The lowest BCUT2D eigenvalue weighted by Crippen LogP contribution is -2.36. The predicted molar refractivity (Wildman–Crippen MR) is 98.5 cm³/mol. The lowest BCUT2D eigenvalue weighted by atomic mass is 10.2. The van der Waals surface area contributed by atoms with Gasteiger partial charge in [0, 0.05) is 25.4 Å². The molecule has 0 aliphatic carbocycles. The van der Waals surface area contributed by atoms with Gasteiger partial charge in [-0.2, -0.15) is 5.10 Å². The summed E-state index contributed by atoms with van der Waals surface area (Å²) in [6.45, 7) is 2.42. The summed E-state index contributed by atoms with van der Waals surface area (Å²) < 4.78 is 8.65. The van der Waals surface area contributed by atoms with Gasteiger partial charge in [0.2, 0.25) is 0 Å². The Balaban J connectivity index is 1.68. The van der Waals surface area contributed by atoms with Crippen LogP contribution in [-0.4, -0.2) is 56.9 Å². The number of rotatable bonds is 5. The van der Waals surface area contributed by atoms with Crippen LogP contribution in [0.25, 0.3) is 5.69 Å². The average molecular weight is 367 g/mol. The molecule has 0 radical (unpaired) electrons. The zero-order chi connectivity index (χ0) is 18.6. The Morgan fingerprint density at radius 2 is 1.96 bits per heavy atom. The van der Waals surface area contributed by atoms with Crippen LogP contribution in [0.2, 0.25) is 0 Å². The largest absolute Gasteiger partial charge is 0.378 e. The molecule has 1 saturated heterocycles. The van der Waals surface area contributed by atoms with Crippen LogP contribution in [0.15, 0.2) is 54.3 Å². The van der Waals surface area contributed by atoms with Crippen LogP contribution < -0.4 is 4.90 Å². The van der Waals surface area contributed by atoms with Crippen molar-refractivity contribution in [3.63, 3.8) is 0 Å². The third-order valence-electron chi connectivity index (χ3n) is 4.30. The molecule has 10 heteroatoms. The first-order valence-electron chi connectivity index (χ1n) is 8.40. The minimum atomic E-state index is -0.345. The van der Waals surface area contributed by atoms with Crippen molar-refractivity contribution in [3.8, 4) is 5.69 Å². The second-order valence-electron chi connectivity index (χ2n) is 5.92. The first kappa shape index (κ1) is 16.9. The van der Waals surface area contributed by atoms with E-state index in [1.165, 1.54) is 17.3 Å². The third-order valence-corrected chi connectivity index (χ3v) is 4.30. The molecule has 0 atom stereocenters. The summed E-state index contributed by atoms with van der Waals surface area (Å²) in [4.78, 5) is 13.3. The van der Waals surface area contributed by atoms with E-state index in [4.69, 9.17) is 4.74 Å². The number of nitro benzene ring substituents is 1. The molecule has 3 aromatic rings. The van der Waals surface area contributed by atoms with Crippen LogP contribution in [0.3, 0.4) is 0 Å². The summed E-state index contributed by atoms with van der Waals surface area (Å²) >= 11 is 0. The number of aromatic nitrogens is 4. The van der Waals surface area contributed by atoms with Crippen LogP contribution in [0.4, 0.5) is 11.4 Å². The molecule has 2 aromatic heterocycles. The quantitative estimate of drug-likeness (QED) is 0.386. The van der Waals surface area contributed by atoms with Gasteiger partial charge in [-0.3, -0.25) is 10.1 Å². The monoisotopic (exact) mass is 367 g/mol. The van der Waals surface area contributed by atoms with Crippen molar-refractivity contribution < 1.29 is 9.66 Å². The molecule has 1 aromatic carbocycles. The van der Waals surface area contributed by atoms with Gasteiger partial charge in [-0.15, -0.1) is 10.2 Å². The van der Waals surface area contributed by atoms with Crippen molar-refractivity contribution in [2.45, 2.75) is 0 Å². The van der Waals surface area contributed by atoms with Crippen LogP contribution >= 0.6 is 0 Å². The normalized spacial score (nSPS) is 14.7. The fourth-order valence-corrected chi connectivity index (χ4v) is 2.99. The van der Waals surface area contributed by atoms with Crippen molar-refractivity contribution >= 4 is 17.6 Å². The van der Waals surface area contributed by atoms with Gasteiger partial charge < -0.3 is 14.2 Å². The number of hydrogen-bond acceptors (Lipinski definition) is 7. The van der Waals surface area contributed by atoms with Gasteiger partial charge in [0.25, 0.3) is 5.69 Å². The molecule has 0 saturated carbocycles. The molecule has 3 heterocycles. The van der Waals surface area contributed by atoms with E-state index < -0.39 is 0 Å². The topological polar surface area (TPSA) is 104 Å². The van der Waals surface area contributed by atoms with Crippen molar-refractivity contribution in [1.82, 2.24) is 19.4 Å². The second kappa shape index (κ2) is 7.38. The molecule has 0 N–H and O–H groups in total. The molecule has 0 unspecified atom stereocenters. The highest BCUT2D eigenvalue weighted by Gasteiger charge is 2.22. The smallest absolute Gasteiger partial charge is 0.294 e. The summed E-state index contributed by atoms with van der Waals surface area (Å²) in [7, 11) is 0. The van der Waals surface area contributed by atoms with E-state index in [9.17, 15) is 10.1 Å². The van der Waals surface area contributed by atoms with E-state index in [1.807, 2.05) is 33.9 Å². The van der Waals surface area contributed by atoms with E-state index >= 15 is 0 Å². The number of hydrogen-bond donors (Lipinski definition) is 0. The zero-order valence-corrected chi connectivity index (χ0v) is 14.4. The fourth-order valence-electron chi connectivity index (χ4n) is 2.99. The molecular formula is C17H17N7O3. The lowest BCUT2D eigenvalue weighted by Gasteiger charge is -2.28. The number of morpholine rings is 1. The van der Waals surface area contributed by atoms with E-state index in [0.717, 1.165) is 5.69 Å². The highest BCUT2D eigenvalue weighted by Crippen LogP contribution is 2.31. The summed E-state index contributed by atoms with van der Waals surface area (Å²) in [6, 6.07) is 8.97. The van der Waals surface area contributed by atoms with Crippen molar-refractivity contribution in [3.05, 3.63) is 65.0 Å². The number of ether oxygens (including phenoxy) is 1. The van der Waals surface area contributed by atoms with Crippen molar-refractivity contribution in [1.29, 1.82) is 0 Å². The molecule has 0 bridgehead atoms. The van der Waals surface area contributed by atoms with Gasteiger partial charge in [0.15, 0.2) is 0 Å². The summed E-state index contributed by atoms with van der Waals surface area (Å²) in [6.07, 6.45) is 6.43. The maximum absolute atomic E-state index is 11.6. The van der Waals surface area contributed by atoms with E-state index in [-0.39, 0.29) is 10.6 Å². The maximum Gasteiger partial charge on any atom is 0.294 e. The standard InChI is InChI=1S/C17H17N7O3/c25-24(26)17-10-14(3-4-16(17)21-6-8-27-9-7-21)23-5-1-2-15(23)11-20-22-12-18-19-13-22/h1-5,10-13H,6-9H2. The molecule has 1 aliphatic heterocycles. The zero-order valence-electron chi connectivity index (χ0n) is 14.4. The average Bonchev–Trinajstić information content (AvgIpc) is 3.38. The van der Waals surface area contributed by atoms with Crippen LogP contribution in [0.1, 0.15) is 5.69 Å². The molecular weight excluding hydrogens is 350 g/mol. The maximum atomic E-state index is 11.6. The minimum Gasteiger partial charge on any atom is -0.378 e. The predicted octanol–water partition coefficient (Wildman–Crippen LogP) is 1.70. The molecule has 0 spiro atoms. The van der Waals surface area contributed by atoms with Gasteiger partial charge in [0.05, 0.1) is 35.7 Å². The van der Waals surface area contributed by atoms with Gasteiger partial charge >= 0.3 is 0 Å². The SMILES string of the molecule is O=[N+]([O-])c1cc(-n2cccc2C=Nn2cnnc2)ccc1N1CCOCC1. The molecule has 1 fully saturated rings. The minimum absolute atomic E-state index is 0.0739. The first-order valence-corrected chi connectivity index (χ1v) is 8.40. The van der Waals surface area contributed by atoms with Crippen LogP contribution in [-0.2, 0) is 4.74 Å². The summed E-state index contributed by atoms with van der Waals surface area (Å²) in [5, 5.41) is 23.3. The molecule has 1 aliphatic rings. The Morgan fingerprint density at radius 3 is 2.70 bits per heavy atom. The molecule has 27 heavy (non-hydrogen) atoms. The summed E-state index contributed by atoms with van der Waals surface area (Å²) in [5.74, 6) is 0. The summed E-state index contributed by atoms with van der Waals surface area (Å²) in [5.41, 5.74) is 2.15. The van der Waals surface area contributed by atoms with Crippen LogP contribution in [0, 0.1) is 10.1 Å². The van der Waals surface area contributed by atoms with Gasteiger partial charge in [0.1, 0.15) is 18.3 Å². The van der Waals surface area contributed by atoms with Gasteiger partial charge in [-0.05, 0) is 24.3 Å². The first-order chi connectivity index (χ1) is 13.2. The van der Waals surface area contributed by atoms with Crippen LogP contribution in [0.5, 0.6) is 0 Å². The second-order valence-corrected chi connectivity index (χ2v) is 5.92. The fraction of sp³-hybridized carbons (Fsp3) is 0.235. The van der Waals surface area contributed by atoms with E-state index in [2.05, 4.69) is 15.3 Å². The third kappa shape index (κ3) is 3.55. The van der Waals surface area contributed by atoms with Crippen molar-refractivity contribution in [2.24, 2.45) is 5.10 Å². The Hall–Kier alpha value is -3.53. The lowest BCUT2D eigenvalue weighted by molar-refractivity contribution is -0.384. The Bertz CT molecular complexity index is 959. The molecule has 0 amide bonds. The van der Waals surface area contributed by atoms with E-state index in [1.54, 1.807) is 18.3 Å². The van der Waals surface area contributed by atoms with Gasteiger partial charge in [-0.25, -0.2) is 4.68 Å². The Morgan fingerprint density at radius 1 is 1.19 bits per heavy atom. The van der Waals surface area contributed by atoms with Crippen molar-refractivity contribution in [2.75, 3.05) is 31.2 Å². The molecule has 138 valence electrons.